The molecule has 0 radical (unpaired) electrons. The summed E-state index contributed by atoms with van der Waals surface area (Å²) in [4.78, 5) is 29.7. The predicted octanol–water partition coefficient (Wildman–Crippen LogP) is 2.87. The van der Waals surface area contributed by atoms with Crippen LogP contribution in [0.4, 0.5) is 5.95 Å². The highest BCUT2D eigenvalue weighted by Crippen LogP contribution is 2.22. The number of aromatic amines is 1. The van der Waals surface area contributed by atoms with Crippen molar-refractivity contribution >= 4 is 35.1 Å². The first kappa shape index (κ1) is 16.3. The first-order valence-electron chi connectivity index (χ1n) is 6.45. The lowest BCUT2D eigenvalue weighted by Gasteiger charge is -2.07. The zero-order valence-electron chi connectivity index (χ0n) is 11.7. The summed E-state index contributed by atoms with van der Waals surface area (Å²) in [5.74, 6) is -0.462. The average molecular weight is 342 g/mol. The Labute approximate surface area is 136 Å². The Hall–Kier alpha value is -2.05. The van der Waals surface area contributed by atoms with Gasteiger partial charge in [0.1, 0.15) is 5.56 Å². The van der Waals surface area contributed by atoms with Crippen molar-refractivity contribution in [2.75, 3.05) is 11.9 Å². The van der Waals surface area contributed by atoms with Crippen LogP contribution in [0, 0.1) is 0 Å². The lowest BCUT2D eigenvalue weighted by Crippen LogP contribution is -2.22. The van der Waals surface area contributed by atoms with E-state index in [0.29, 0.717) is 16.6 Å². The van der Waals surface area contributed by atoms with Crippen LogP contribution in [-0.2, 0) is 11.3 Å². The molecule has 0 spiro atoms. The molecular weight excluding hydrogens is 329 g/mol. The number of benzene rings is 1. The smallest absolute Gasteiger partial charge is 0.345 e. The second-order valence-electron chi connectivity index (χ2n) is 4.30. The minimum atomic E-state index is -0.702. The van der Waals surface area contributed by atoms with Gasteiger partial charge in [-0.25, -0.2) is 9.78 Å². The number of esters is 1. The lowest BCUT2D eigenvalue weighted by atomic mass is 10.2. The molecule has 0 aliphatic heterocycles. The topological polar surface area (TPSA) is 84.1 Å². The first-order chi connectivity index (χ1) is 10.5. The molecule has 0 fully saturated rings. The summed E-state index contributed by atoms with van der Waals surface area (Å²) < 4.78 is 4.76. The number of aromatic nitrogens is 2. The third-order valence-corrected chi connectivity index (χ3v) is 3.48. The van der Waals surface area contributed by atoms with Crippen molar-refractivity contribution in [3.63, 3.8) is 0 Å². The van der Waals surface area contributed by atoms with Crippen molar-refractivity contribution in [2.45, 2.75) is 13.5 Å². The molecule has 6 nitrogen and oxygen atoms in total. The molecule has 0 aliphatic carbocycles. The fourth-order valence-electron chi connectivity index (χ4n) is 1.67. The molecule has 0 saturated carbocycles. The summed E-state index contributed by atoms with van der Waals surface area (Å²) in [6.07, 6.45) is 1.17. The van der Waals surface area contributed by atoms with Crippen LogP contribution in [0.2, 0.25) is 10.0 Å². The molecular formula is C14H13Cl2N3O3. The van der Waals surface area contributed by atoms with Gasteiger partial charge in [-0.15, -0.1) is 0 Å². The number of H-pyrrole nitrogens is 1. The number of carbonyl (C=O) groups is 1. The third kappa shape index (κ3) is 3.99. The molecule has 0 unspecified atom stereocenters. The number of halogens is 2. The second kappa shape index (κ2) is 7.29. The fourth-order valence-corrected chi connectivity index (χ4v) is 2.00. The Kier molecular flexibility index (Phi) is 5.41. The minimum Gasteiger partial charge on any atom is -0.462 e. The summed E-state index contributed by atoms with van der Waals surface area (Å²) in [6, 6.07) is 5.19. The van der Waals surface area contributed by atoms with E-state index in [1.165, 1.54) is 6.20 Å². The first-order valence-corrected chi connectivity index (χ1v) is 7.21. The normalized spacial score (nSPS) is 10.3. The summed E-state index contributed by atoms with van der Waals surface area (Å²) in [5, 5.41) is 3.84. The van der Waals surface area contributed by atoms with Crippen LogP contribution in [0.1, 0.15) is 22.8 Å². The molecule has 0 amide bonds. The fraction of sp³-hybridized carbons (Fsp3) is 0.214. The van der Waals surface area contributed by atoms with Crippen LogP contribution in [-0.4, -0.2) is 22.5 Å². The number of ether oxygens (including phenoxy) is 1. The molecule has 0 aliphatic rings. The quantitative estimate of drug-likeness (QED) is 0.817. The van der Waals surface area contributed by atoms with Crippen LogP contribution in [0.3, 0.4) is 0 Å². The van der Waals surface area contributed by atoms with Crippen LogP contribution in [0.25, 0.3) is 0 Å². The second-order valence-corrected chi connectivity index (χ2v) is 5.11. The molecule has 8 heteroatoms. The van der Waals surface area contributed by atoms with E-state index in [4.69, 9.17) is 27.9 Å². The van der Waals surface area contributed by atoms with Crippen LogP contribution >= 0.6 is 23.2 Å². The zero-order chi connectivity index (χ0) is 16.1. The Bertz CT molecular complexity index is 746. The lowest BCUT2D eigenvalue weighted by molar-refractivity contribution is 0.0524. The Morgan fingerprint density at radius 2 is 2.14 bits per heavy atom. The van der Waals surface area contributed by atoms with Crippen molar-refractivity contribution < 1.29 is 9.53 Å². The molecule has 0 saturated heterocycles. The maximum absolute atomic E-state index is 11.8. The number of nitrogens with one attached hydrogen (secondary N) is 2. The van der Waals surface area contributed by atoms with Gasteiger partial charge in [0, 0.05) is 6.54 Å². The van der Waals surface area contributed by atoms with E-state index in [-0.39, 0.29) is 18.1 Å². The van der Waals surface area contributed by atoms with Gasteiger partial charge in [0.25, 0.3) is 5.56 Å². The summed E-state index contributed by atoms with van der Waals surface area (Å²) in [7, 11) is 0. The van der Waals surface area contributed by atoms with Gasteiger partial charge in [-0.1, -0.05) is 29.3 Å². The molecule has 2 aromatic rings. The van der Waals surface area contributed by atoms with Gasteiger partial charge in [-0.3, -0.25) is 9.78 Å². The number of nitrogens with zero attached hydrogens (tertiary/aromatic N) is 1. The number of carbonyl (C=O) groups excluding carboxylic acids is 1. The predicted molar refractivity (Wildman–Crippen MR) is 84.6 cm³/mol. The maximum atomic E-state index is 11.8. The molecule has 1 aromatic heterocycles. The van der Waals surface area contributed by atoms with Crippen molar-refractivity contribution in [1.29, 1.82) is 0 Å². The van der Waals surface area contributed by atoms with Crippen LogP contribution < -0.4 is 10.9 Å². The maximum Gasteiger partial charge on any atom is 0.345 e. The molecule has 2 N–H and O–H groups in total. The molecule has 2 rings (SSSR count). The van der Waals surface area contributed by atoms with E-state index in [9.17, 15) is 9.59 Å². The monoisotopic (exact) mass is 341 g/mol. The molecule has 1 heterocycles. The van der Waals surface area contributed by atoms with Crippen LogP contribution in [0.5, 0.6) is 0 Å². The SMILES string of the molecule is CCOC(=O)c1cnc(NCc2ccc(Cl)c(Cl)c2)[nH]c1=O. The molecule has 116 valence electrons. The van der Waals surface area contributed by atoms with Crippen molar-refractivity contribution in [3.8, 4) is 0 Å². The standard InChI is InChI=1S/C14H13Cl2N3O3/c1-2-22-13(21)9-7-18-14(19-12(9)20)17-6-8-3-4-10(15)11(16)5-8/h3-5,7H,2,6H2,1H3,(H2,17,18,19,20). The van der Waals surface area contributed by atoms with E-state index in [1.807, 2.05) is 0 Å². The van der Waals surface area contributed by atoms with E-state index < -0.39 is 11.5 Å². The number of hydrogen-bond acceptors (Lipinski definition) is 5. The number of rotatable bonds is 5. The number of hydrogen-bond donors (Lipinski definition) is 2. The highest BCUT2D eigenvalue weighted by molar-refractivity contribution is 6.42. The van der Waals surface area contributed by atoms with E-state index in [2.05, 4.69) is 15.3 Å². The van der Waals surface area contributed by atoms with Gasteiger partial charge in [0.2, 0.25) is 5.95 Å². The van der Waals surface area contributed by atoms with Crippen molar-refractivity contribution in [2.24, 2.45) is 0 Å². The van der Waals surface area contributed by atoms with E-state index >= 15 is 0 Å². The third-order valence-electron chi connectivity index (χ3n) is 2.74. The summed E-state index contributed by atoms with van der Waals surface area (Å²) in [6.45, 7) is 2.24. The van der Waals surface area contributed by atoms with Gasteiger partial charge in [0.15, 0.2) is 0 Å². The molecule has 0 bridgehead atoms. The highest BCUT2D eigenvalue weighted by atomic mass is 35.5. The highest BCUT2D eigenvalue weighted by Gasteiger charge is 2.12. The Balaban J connectivity index is 2.07. The molecule has 0 atom stereocenters. The minimum absolute atomic E-state index is 0.137. The average Bonchev–Trinajstić information content (AvgIpc) is 2.48. The molecule has 22 heavy (non-hydrogen) atoms. The summed E-state index contributed by atoms with van der Waals surface area (Å²) in [5.41, 5.74) is 0.165. The Morgan fingerprint density at radius 1 is 1.36 bits per heavy atom. The van der Waals surface area contributed by atoms with Gasteiger partial charge >= 0.3 is 5.97 Å². The zero-order valence-corrected chi connectivity index (χ0v) is 13.2. The van der Waals surface area contributed by atoms with Crippen LogP contribution in [0.15, 0.2) is 29.2 Å². The Morgan fingerprint density at radius 3 is 2.77 bits per heavy atom. The largest absolute Gasteiger partial charge is 0.462 e. The summed E-state index contributed by atoms with van der Waals surface area (Å²) >= 11 is 11.8. The van der Waals surface area contributed by atoms with Crippen molar-refractivity contribution in [3.05, 3.63) is 55.9 Å². The van der Waals surface area contributed by atoms with E-state index in [1.54, 1.807) is 25.1 Å². The van der Waals surface area contributed by atoms with Gasteiger partial charge in [-0.2, -0.15) is 0 Å². The van der Waals surface area contributed by atoms with Gasteiger partial charge < -0.3 is 10.1 Å². The van der Waals surface area contributed by atoms with Crippen molar-refractivity contribution in [1.82, 2.24) is 9.97 Å². The number of anilines is 1. The van der Waals surface area contributed by atoms with Gasteiger partial charge in [0.05, 0.1) is 22.8 Å². The molecule has 1 aromatic carbocycles. The van der Waals surface area contributed by atoms with Gasteiger partial charge in [-0.05, 0) is 24.6 Å². The van der Waals surface area contributed by atoms with E-state index in [0.717, 1.165) is 5.56 Å².